The first-order chi connectivity index (χ1) is 8.91. The van der Waals surface area contributed by atoms with Gasteiger partial charge in [0, 0.05) is 0 Å². The van der Waals surface area contributed by atoms with Gasteiger partial charge in [0.25, 0.3) is 0 Å². The number of ketones is 1. The van der Waals surface area contributed by atoms with E-state index in [4.69, 9.17) is 0 Å². The number of Topliss-reactive ketones (excluding diaryl/α,β-unsaturated/α-hetero) is 1. The molecule has 0 spiro atoms. The predicted octanol–water partition coefficient (Wildman–Crippen LogP) is 3.55. The summed E-state index contributed by atoms with van der Waals surface area (Å²) in [6, 6.07) is 8.34. The highest BCUT2D eigenvalue weighted by Gasteiger charge is 2.18. The summed E-state index contributed by atoms with van der Waals surface area (Å²) in [6.45, 7) is 5.94. The fraction of sp³-hybridized carbons (Fsp3) is 0.471. The molecule has 0 radical (unpaired) electrons. The molecule has 2 atom stereocenters. The Labute approximate surface area is 117 Å². The van der Waals surface area contributed by atoms with Crippen LogP contribution < -0.4 is 0 Å². The number of likely N-dealkylation sites (N-methyl/N-ethyl adjacent to an activating group) is 1. The molecule has 104 valence electrons. The molecule has 1 rings (SSSR count). The standard InChI is InChI=1S/C17H25NO/c1-13(12-17(15(3)19)18(4)5)10-11-16-9-7-6-8-14(16)2/h6-11,13,17H,12H2,1-5H3/b11-10+/t13-,17+/m1/s1. The van der Waals surface area contributed by atoms with Crippen molar-refractivity contribution in [2.45, 2.75) is 33.2 Å². The molecule has 0 fully saturated rings. The van der Waals surface area contributed by atoms with Crippen LogP contribution in [0, 0.1) is 12.8 Å². The van der Waals surface area contributed by atoms with E-state index in [1.807, 2.05) is 25.1 Å². The highest BCUT2D eigenvalue weighted by molar-refractivity contribution is 5.81. The summed E-state index contributed by atoms with van der Waals surface area (Å²) in [5, 5.41) is 0. The molecule has 0 bridgehead atoms. The van der Waals surface area contributed by atoms with Crippen molar-refractivity contribution in [2.24, 2.45) is 5.92 Å². The molecule has 0 unspecified atom stereocenters. The minimum Gasteiger partial charge on any atom is -0.300 e. The number of aryl methyl sites for hydroxylation is 1. The Bertz CT molecular complexity index is 448. The van der Waals surface area contributed by atoms with E-state index in [2.05, 4.69) is 44.2 Å². The van der Waals surface area contributed by atoms with Gasteiger partial charge in [0.1, 0.15) is 5.78 Å². The third-order valence-electron chi connectivity index (χ3n) is 3.48. The molecule has 1 aromatic carbocycles. The third kappa shape index (κ3) is 4.99. The number of carbonyl (C=O) groups excluding carboxylic acids is 1. The normalized spacial score (nSPS) is 14.8. The summed E-state index contributed by atoms with van der Waals surface area (Å²) in [4.78, 5) is 13.6. The molecule has 0 aliphatic heterocycles. The van der Waals surface area contributed by atoms with Crippen molar-refractivity contribution in [1.29, 1.82) is 0 Å². The first kappa shape index (κ1) is 15.6. The molecular formula is C17H25NO. The maximum Gasteiger partial charge on any atom is 0.146 e. The molecule has 0 aliphatic rings. The highest BCUT2D eigenvalue weighted by Crippen LogP contribution is 2.15. The predicted molar refractivity (Wildman–Crippen MR) is 82.2 cm³/mol. The average molecular weight is 259 g/mol. The van der Waals surface area contributed by atoms with Crippen molar-refractivity contribution < 1.29 is 4.79 Å². The van der Waals surface area contributed by atoms with Crippen molar-refractivity contribution >= 4 is 11.9 Å². The van der Waals surface area contributed by atoms with Crippen LogP contribution in [0.2, 0.25) is 0 Å². The van der Waals surface area contributed by atoms with Crippen molar-refractivity contribution in [3.63, 3.8) is 0 Å². The second-order valence-corrected chi connectivity index (χ2v) is 5.52. The molecule has 0 amide bonds. The Morgan fingerprint density at radius 3 is 2.47 bits per heavy atom. The number of hydrogen-bond acceptors (Lipinski definition) is 2. The van der Waals surface area contributed by atoms with Crippen molar-refractivity contribution in [3.05, 3.63) is 41.5 Å². The van der Waals surface area contributed by atoms with Crippen LogP contribution in [-0.4, -0.2) is 30.8 Å². The van der Waals surface area contributed by atoms with E-state index >= 15 is 0 Å². The molecule has 1 aromatic rings. The molecule has 2 heteroatoms. The number of rotatable bonds is 6. The Balaban J connectivity index is 2.67. The highest BCUT2D eigenvalue weighted by atomic mass is 16.1. The maximum atomic E-state index is 11.6. The number of benzene rings is 1. The van der Waals surface area contributed by atoms with Crippen LogP contribution in [0.25, 0.3) is 6.08 Å². The summed E-state index contributed by atoms with van der Waals surface area (Å²) in [7, 11) is 3.92. The van der Waals surface area contributed by atoms with Gasteiger partial charge >= 0.3 is 0 Å². The lowest BCUT2D eigenvalue weighted by atomic mass is 9.97. The summed E-state index contributed by atoms with van der Waals surface area (Å²) >= 11 is 0. The van der Waals surface area contributed by atoms with Crippen molar-refractivity contribution in [2.75, 3.05) is 14.1 Å². The molecule has 0 aliphatic carbocycles. The van der Waals surface area contributed by atoms with Gasteiger partial charge in [-0.25, -0.2) is 0 Å². The fourth-order valence-electron chi connectivity index (χ4n) is 2.21. The lowest BCUT2D eigenvalue weighted by Gasteiger charge is -2.23. The lowest BCUT2D eigenvalue weighted by molar-refractivity contribution is -0.121. The van der Waals surface area contributed by atoms with Crippen LogP contribution in [0.4, 0.5) is 0 Å². The van der Waals surface area contributed by atoms with E-state index in [9.17, 15) is 4.79 Å². The van der Waals surface area contributed by atoms with Gasteiger partial charge in [-0.05, 0) is 51.4 Å². The summed E-state index contributed by atoms with van der Waals surface area (Å²) < 4.78 is 0. The molecule has 0 saturated heterocycles. The van der Waals surface area contributed by atoms with E-state index < -0.39 is 0 Å². The maximum absolute atomic E-state index is 11.6. The topological polar surface area (TPSA) is 20.3 Å². The molecule has 0 aromatic heterocycles. The number of nitrogens with zero attached hydrogens (tertiary/aromatic N) is 1. The molecule has 19 heavy (non-hydrogen) atoms. The largest absolute Gasteiger partial charge is 0.300 e. The smallest absolute Gasteiger partial charge is 0.146 e. The molecule has 2 nitrogen and oxygen atoms in total. The minimum atomic E-state index is 0.0107. The number of allylic oxidation sites excluding steroid dienone is 1. The van der Waals surface area contributed by atoms with Gasteiger partial charge in [-0.2, -0.15) is 0 Å². The SMILES string of the molecule is CC(=O)[C@H](C[C@H](C)/C=C/c1ccccc1C)N(C)C. The van der Waals surface area contributed by atoms with Crippen LogP contribution in [0.1, 0.15) is 31.4 Å². The molecule has 0 heterocycles. The number of hydrogen-bond donors (Lipinski definition) is 0. The molecule has 0 N–H and O–H groups in total. The van der Waals surface area contributed by atoms with E-state index in [-0.39, 0.29) is 11.8 Å². The quantitative estimate of drug-likeness (QED) is 0.778. The first-order valence-corrected chi connectivity index (χ1v) is 6.82. The Kier molecular flexibility index (Phi) is 5.97. The van der Waals surface area contributed by atoms with Crippen LogP contribution in [-0.2, 0) is 4.79 Å². The van der Waals surface area contributed by atoms with Gasteiger partial charge in [-0.3, -0.25) is 9.69 Å². The van der Waals surface area contributed by atoms with Crippen LogP contribution in [0.3, 0.4) is 0 Å². The van der Waals surface area contributed by atoms with Crippen LogP contribution >= 0.6 is 0 Å². The van der Waals surface area contributed by atoms with Gasteiger partial charge in [0.2, 0.25) is 0 Å². The zero-order valence-electron chi connectivity index (χ0n) is 12.7. The second kappa shape index (κ2) is 7.25. The first-order valence-electron chi connectivity index (χ1n) is 6.82. The van der Waals surface area contributed by atoms with Crippen molar-refractivity contribution in [3.8, 4) is 0 Å². The fourth-order valence-corrected chi connectivity index (χ4v) is 2.21. The summed E-state index contributed by atoms with van der Waals surface area (Å²) in [6.07, 6.45) is 5.22. The van der Waals surface area contributed by atoms with E-state index in [1.165, 1.54) is 11.1 Å². The summed E-state index contributed by atoms with van der Waals surface area (Å²) in [5.41, 5.74) is 2.53. The zero-order chi connectivity index (χ0) is 14.4. The van der Waals surface area contributed by atoms with E-state index in [0.717, 1.165) is 6.42 Å². The van der Waals surface area contributed by atoms with Crippen LogP contribution in [0.5, 0.6) is 0 Å². The average Bonchev–Trinajstić information content (AvgIpc) is 2.34. The Morgan fingerprint density at radius 1 is 1.32 bits per heavy atom. The monoisotopic (exact) mass is 259 g/mol. The summed E-state index contributed by atoms with van der Waals surface area (Å²) in [5.74, 6) is 0.622. The van der Waals surface area contributed by atoms with Gasteiger partial charge in [0.05, 0.1) is 6.04 Å². The van der Waals surface area contributed by atoms with E-state index in [0.29, 0.717) is 5.92 Å². The number of carbonyl (C=O) groups is 1. The molecular weight excluding hydrogens is 234 g/mol. The van der Waals surface area contributed by atoms with Crippen molar-refractivity contribution in [1.82, 2.24) is 4.90 Å². The van der Waals surface area contributed by atoms with Gasteiger partial charge in [0.15, 0.2) is 0 Å². The zero-order valence-corrected chi connectivity index (χ0v) is 12.7. The van der Waals surface area contributed by atoms with E-state index in [1.54, 1.807) is 6.92 Å². The van der Waals surface area contributed by atoms with Gasteiger partial charge in [-0.1, -0.05) is 43.3 Å². The third-order valence-corrected chi connectivity index (χ3v) is 3.48. The van der Waals surface area contributed by atoms with Gasteiger partial charge in [-0.15, -0.1) is 0 Å². The van der Waals surface area contributed by atoms with Crippen LogP contribution in [0.15, 0.2) is 30.3 Å². The Hall–Kier alpha value is -1.41. The van der Waals surface area contributed by atoms with Gasteiger partial charge < -0.3 is 0 Å². The Morgan fingerprint density at radius 2 is 1.95 bits per heavy atom. The second-order valence-electron chi connectivity index (χ2n) is 5.52. The minimum absolute atomic E-state index is 0.0107. The lowest BCUT2D eigenvalue weighted by Crippen LogP contribution is -2.35. The molecule has 0 saturated carbocycles.